The molecule has 1 amide bonds. The number of carbonyl (C=O) groups excluding carboxylic acids is 3. The molecule has 7 heteroatoms. The van der Waals surface area contributed by atoms with Gasteiger partial charge in [-0.25, -0.2) is 14.4 Å². The maximum absolute atomic E-state index is 11.3. The Balaban J connectivity index is 2.20. The van der Waals surface area contributed by atoms with E-state index in [1.54, 1.807) is 26.0 Å². The molecule has 1 aromatic rings. The quantitative estimate of drug-likeness (QED) is 0.660. The first kappa shape index (κ1) is 16.5. The number of nitrogens with one attached hydrogen (secondary N) is 1. The van der Waals surface area contributed by atoms with Crippen LogP contribution in [0.15, 0.2) is 30.3 Å². The molecule has 0 radical (unpaired) electrons. The van der Waals surface area contributed by atoms with Gasteiger partial charge in [-0.1, -0.05) is 30.3 Å². The maximum atomic E-state index is 11.3. The van der Waals surface area contributed by atoms with Crippen molar-refractivity contribution in [3.63, 3.8) is 0 Å². The van der Waals surface area contributed by atoms with E-state index in [0.29, 0.717) is 0 Å². The van der Waals surface area contributed by atoms with E-state index in [4.69, 9.17) is 4.74 Å². The first-order chi connectivity index (χ1) is 9.97. The fourth-order valence-electron chi connectivity index (χ4n) is 1.26. The lowest BCUT2D eigenvalue weighted by Crippen LogP contribution is -2.32. The van der Waals surface area contributed by atoms with Gasteiger partial charge in [-0.15, -0.1) is 0 Å². The molecular formula is C14H17NO6. The van der Waals surface area contributed by atoms with Crippen LogP contribution in [0, 0.1) is 0 Å². The van der Waals surface area contributed by atoms with E-state index < -0.39 is 30.9 Å². The van der Waals surface area contributed by atoms with E-state index in [9.17, 15) is 14.4 Å². The highest BCUT2D eigenvalue weighted by Gasteiger charge is 2.14. The topological polar surface area (TPSA) is 90.9 Å². The monoisotopic (exact) mass is 295 g/mol. The molecule has 1 aromatic carbocycles. The first-order valence-electron chi connectivity index (χ1n) is 6.33. The maximum Gasteiger partial charge on any atom is 0.516 e. The summed E-state index contributed by atoms with van der Waals surface area (Å²) in [5.41, 5.74) is 0.815. The lowest BCUT2D eigenvalue weighted by Gasteiger charge is -2.08. The van der Waals surface area contributed by atoms with E-state index in [-0.39, 0.29) is 6.61 Å². The second-order valence-electron chi connectivity index (χ2n) is 4.31. The summed E-state index contributed by atoms with van der Waals surface area (Å²) in [6.45, 7) is 2.83. The van der Waals surface area contributed by atoms with E-state index in [2.05, 4.69) is 14.8 Å². The zero-order chi connectivity index (χ0) is 15.7. The van der Waals surface area contributed by atoms with Crippen LogP contribution in [0.25, 0.3) is 0 Å². The molecule has 21 heavy (non-hydrogen) atoms. The third-order valence-electron chi connectivity index (χ3n) is 2.12. The molecule has 0 fully saturated rings. The Morgan fingerprint density at radius 1 is 1.14 bits per heavy atom. The van der Waals surface area contributed by atoms with Gasteiger partial charge in [0, 0.05) is 0 Å². The third kappa shape index (κ3) is 7.56. The van der Waals surface area contributed by atoms with E-state index >= 15 is 0 Å². The summed E-state index contributed by atoms with van der Waals surface area (Å²) in [7, 11) is 0. The number of carbonyl (C=O) groups is 3. The largest absolute Gasteiger partial charge is 0.516 e. The lowest BCUT2D eigenvalue weighted by atomic mass is 10.2. The normalized spacial score (nSPS) is 9.86. The summed E-state index contributed by atoms with van der Waals surface area (Å²) in [6.07, 6.45) is -2.28. The van der Waals surface area contributed by atoms with Gasteiger partial charge in [-0.3, -0.25) is 0 Å². The lowest BCUT2D eigenvalue weighted by molar-refractivity contribution is -0.139. The van der Waals surface area contributed by atoms with Crippen LogP contribution >= 0.6 is 0 Å². The van der Waals surface area contributed by atoms with Crippen LogP contribution in [-0.2, 0) is 25.6 Å². The van der Waals surface area contributed by atoms with Crippen molar-refractivity contribution in [3.8, 4) is 0 Å². The van der Waals surface area contributed by atoms with Crippen molar-refractivity contribution < 1.29 is 28.6 Å². The summed E-state index contributed by atoms with van der Waals surface area (Å²) in [5.74, 6) is -0.933. The van der Waals surface area contributed by atoms with Crippen LogP contribution in [0.1, 0.15) is 19.4 Å². The van der Waals surface area contributed by atoms with Crippen LogP contribution in [-0.4, -0.2) is 30.9 Å². The number of hydrogen-bond donors (Lipinski definition) is 1. The third-order valence-corrected chi connectivity index (χ3v) is 2.12. The zero-order valence-corrected chi connectivity index (χ0v) is 11.8. The number of esters is 1. The number of amides is 1. The number of ether oxygens (including phenoxy) is 3. The molecule has 0 aromatic heterocycles. The summed E-state index contributed by atoms with van der Waals surface area (Å²) < 4.78 is 13.8. The fourth-order valence-corrected chi connectivity index (χ4v) is 1.26. The van der Waals surface area contributed by atoms with Gasteiger partial charge < -0.3 is 19.5 Å². The van der Waals surface area contributed by atoms with Gasteiger partial charge in [-0.2, -0.15) is 0 Å². The minimum absolute atomic E-state index is 0.0805. The Morgan fingerprint density at radius 3 is 2.43 bits per heavy atom. The second kappa shape index (κ2) is 8.57. The Morgan fingerprint density at radius 2 is 1.81 bits per heavy atom. The molecule has 7 nitrogen and oxygen atoms in total. The average Bonchev–Trinajstić information content (AvgIpc) is 2.43. The fraction of sp³-hybridized carbons (Fsp3) is 0.357. The van der Waals surface area contributed by atoms with E-state index in [0.717, 1.165) is 5.56 Å². The van der Waals surface area contributed by atoms with Crippen molar-refractivity contribution in [2.24, 2.45) is 0 Å². The zero-order valence-electron chi connectivity index (χ0n) is 11.8. The highest BCUT2D eigenvalue weighted by atomic mass is 16.7. The number of alkyl carbamates (subject to hydrolysis) is 1. The van der Waals surface area contributed by atoms with Crippen LogP contribution < -0.4 is 5.32 Å². The molecule has 114 valence electrons. The SMILES string of the molecule is CC(C)OC(=O)OC(=O)CNC(=O)OCc1ccccc1. The Kier molecular flexibility index (Phi) is 6.73. The summed E-state index contributed by atoms with van der Waals surface area (Å²) in [4.78, 5) is 33.6. The molecule has 0 unspecified atom stereocenters. The molecule has 0 saturated carbocycles. The van der Waals surface area contributed by atoms with E-state index in [1.165, 1.54) is 0 Å². The number of benzene rings is 1. The molecule has 0 spiro atoms. The van der Waals surface area contributed by atoms with Crippen molar-refractivity contribution in [2.45, 2.75) is 26.6 Å². The van der Waals surface area contributed by atoms with E-state index in [1.807, 2.05) is 18.2 Å². The Bertz CT molecular complexity index is 485. The van der Waals surface area contributed by atoms with Crippen molar-refractivity contribution in [3.05, 3.63) is 35.9 Å². The predicted octanol–water partition coefficient (Wildman–Crippen LogP) is 2.00. The van der Waals surface area contributed by atoms with Gasteiger partial charge in [-0.05, 0) is 19.4 Å². The smallest absolute Gasteiger partial charge is 0.445 e. The molecule has 0 saturated heterocycles. The highest BCUT2D eigenvalue weighted by Crippen LogP contribution is 2.00. The van der Waals surface area contributed by atoms with Crippen molar-refractivity contribution in [2.75, 3.05) is 6.54 Å². The Labute approximate surface area is 122 Å². The molecule has 0 aliphatic carbocycles. The van der Waals surface area contributed by atoms with Gasteiger partial charge in [0.1, 0.15) is 13.2 Å². The van der Waals surface area contributed by atoms with Crippen LogP contribution in [0.5, 0.6) is 0 Å². The molecule has 0 atom stereocenters. The van der Waals surface area contributed by atoms with Gasteiger partial charge in [0.05, 0.1) is 6.10 Å². The highest BCUT2D eigenvalue weighted by molar-refractivity contribution is 5.85. The van der Waals surface area contributed by atoms with Crippen LogP contribution in [0.2, 0.25) is 0 Å². The summed E-state index contributed by atoms with van der Waals surface area (Å²) in [5, 5.41) is 2.17. The average molecular weight is 295 g/mol. The number of hydrogen-bond acceptors (Lipinski definition) is 6. The molecule has 1 N–H and O–H groups in total. The Hall–Kier alpha value is -2.57. The minimum atomic E-state index is -1.10. The summed E-state index contributed by atoms with van der Waals surface area (Å²) >= 11 is 0. The molecule has 1 rings (SSSR count). The van der Waals surface area contributed by atoms with Crippen molar-refractivity contribution >= 4 is 18.2 Å². The molecule has 0 bridgehead atoms. The van der Waals surface area contributed by atoms with Crippen molar-refractivity contribution in [1.29, 1.82) is 0 Å². The molecule has 0 heterocycles. The molecular weight excluding hydrogens is 278 g/mol. The van der Waals surface area contributed by atoms with Crippen LogP contribution in [0.4, 0.5) is 9.59 Å². The van der Waals surface area contributed by atoms with Crippen LogP contribution in [0.3, 0.4) is 0 Å². The first-order valence-corrected chi connectivity index (χ1v) is 6.33. The van der Waals surface area contributed by atoms with Gasteiger partial charge in [0.15, 0.2) is 0 Å². The second-order valence-corrected chi connectivity index (χ2v) is 4.31. The predicted molar refractivity (Wildman–Crippen MR) is 72.3 cm³/mol. The number of rotatable bonds is 5. The molecule has 0 aliphatic rings. The van der Waals surface area contributed by atoms with Gasteiger partial charge in [0.25, 0.3) is 0 Å². The standard InChI is InChI=1S/C14H17NO6/c1-10(2)20-14(18)21-12(16)8-15-13(17)19-9-11-6-4-3-5-7-11/h3-7,10H,8-9H2,1-2H3,(H,15,17). The van der Waals surface area contributed by atoms with Gasteiger partial charge >= 0.3 is 18.2 Å². The summed E-state index contributed by atoms with van der Waals surface area (Å²) in [6, 6.07) is 9.06. The molecule has 0 aliphatic heterocycles. The minimum Gasteiger partial charge on any atom is -0.445 e. The van der Waals surface area contributed by atoms with Crippen molar-refractivity contribution in [1.82, 2.24) is 5.32 Å². The van der Waals surface area contributed by atoms with Gasteiger partial charge in [0.2, 0.25) is 0 Å².